The van der Waals surface area contributed by atoms with Crippen LogP contribution in [-0.4, -0.2) is 11.5 Å². The maximum Gasteiger partial charge on any atom is 0.0941 e. The van der Waals surface area contributed by atoms with Crippen molar-refractivity contribution in [2.75, 3.05) is 6.54 Å². The van der Waals surface area contributed by atoms with Crippen LogP contribution in [0, 0.1) is 0 Å². The molecule has 0 aliphatic heterocycles. The summed E-state index contributed by atoms with van der Waals surface area (Å²) >= 11 is 1.63. The van der Waals surface area contributed by atoms with E-state index in [0.29, 0.717) is 13.1 Å². The molecule has 10 heavy (non-hydrogen) atoms. The van der Waals surface area contributed by atoms with Crippen molar-refractivity contribution in [2.45, 2.75) is 13.0 Å². The van der Waals surface area contributed by atoms with Gasteiger partial charge in [0.25, 0.3) is 0 Å². The molecule has 0 saturated carbocycles. The third kappa shape index (κ3) is 1.76. The van der Waals surface area contributed by atoms with Crippen LogP contribution in [0.1, 0.15) is 10.7 Å². The van der Waals surface area contributed by atoms with Crippen molar-refractivity contribution in [1.29, 1.82) is 0 Å². The van der Waals surface area contributed by atoms with Crippen LogP contribution in [0.25, 0.3) is 0 Å². The Hall–Kier alpha value is -0.450. The molecule has 0 atom stereocenters. The molecule has 0 saturated heterocycles. The molecule has 4 heteroatoms. The van der Waals surface area contributed by atoms with Gasteiger partial charge < -0.3 is 11.5 Å². The average molecular weight is 157 g/mol. The van der Waals surface area contributed by atoms with Crippen molar-refractivity contribution in [1.82, 2.24) is 4.98 Å². The zero-order valence-electron chi connectivity index (χ0n) is 5.71. The van der Waals surface area contributed by atoms with Gasteiger partial charge in [0.15, 0.2) is 0 Å². The minimum atomic E-state index is 0.529. The Morgan fingerprint density at radius 1 is 1.50 bits per heavy atom. The summed E-state index contributed by atoms with van der Waals surface area (Å²) in [4.78, 5) is 4.23. The first-order valence-corrected chi connectivity index (χ1v) is 4.08. The first-order chi connectivity index (χ1) is 4.86. The van der Waals surface area contributed by atoms with Crippen molar-refractivity contribution in [3.63, 3.8) is 0 Å². The highest BCUT2D eigenvalue weighted by Crippen LogP contribution is 2.08. The van der Waals surface area contributed by atoms with E-state index in [1.54, 1.807) is 11.3 Å². The van der Waals surface area contributed by atoms with E-state index in [1.807, 2.05) is 5.38 Å². The van der Waals surface area contributed by atoms with E-state index >= 15 is 0 Å². The Kier molecular flexibility index (Phi) is 2.80. The SMILES string of the molecule is NCCc1nc(CN)cs1. The Morgan fingerprint density at radius 3 is 2.80 bits per heavy atom. The van der Waals surface area contributed by atoms with E-state index in [2.05, 4.69) is 4.98 Å². The molecule has 1 heterocycles. The molecule has 0 fully saturated rings. The second-order valence-corrected chi connectivity index (χ2v) is 2.92. The number of rotatable bonds is 3. The van der Waals surface area contributed by atoms with E-state index in [4.69, 9.17) is 11.5 Å². The largest absolute Gasteiger partial charge is 0.330 e. The number of thiazole rings is 1. The molecule has 0 unspecified atom stereocenters. The predicted molar refractivity (Wildman–Crippen MR) is 42.8 cm³/mol. The van der Waals surface area contributed by atoms with Crippen molar-refractivity contribution >= 4 is 11.3 Å². The second-order valence-electron chi connectivity index (χ2n) is 1.98. The summed E-state index contributed by atoms with van der Waals surface area (Å²) in [6.45, 7) is 1.19. The lowest BCUT2D eigenvalue weighted by atomic mass is 10.4. The van der Waals surface area contributed by atoms with Crippen LogP contribution in [0.3, 0.4) is 0 Å². The van der Waals surface area contributed by atoms with Gasteiger partial charge in [0.2, 0.25) is 0 Å². The van der Waals surface area contributed by atoms with Crippen LogP contribution in [0.5, 0.6) is 0 Å². The fourth-order valence-electron chi connectivity index (χ4n) is 0.681. The maximum absolute atomic E-state index is 5.37. The monoisotopic (exact) mass is 157 g/mol. The van der Waals surface area contributed by atoms with Crippen LogP contribution in [0.2, 0.25) is 0 Å². The number of aromatic nitrogens is 1. The third-order valence-electron chi connectivity index (χ3n) is 1.17. The molecule has 0 spiro atoms. The molecule has 56 valence electrons. The Labute approximate surface area is 64.1 Å². The second kappa shape index (κ2) is 3.65. The topological polar surface area (TPSA) is 64.9 Å². The molecule has 4 N–H and O–H groups in total. The molecule has 0 amide bonds. The van der Waals surface area contributed by atoms with Crippen molar-refractivity contribution < 1.29 is 0 Å². The van der Waals surface area contributed by atoms with Gasteiger partial charge in [-0.3, -0.25) is 0 Å². The molecule has 1 aromatic rings. The molecule has 1 aromatic heterocycles. The lowest BCUT2D eigenvalue weighted by Crippen LogP contribution is -2.03. The predicted octanol–water partition coefficient (Wildman–Crippen LogP) is 0.103. The van der Waals surface area contributed by atoms with Gasteiger partial charge in [0.1, 0.15) is 0 Å². The van der Waals surface area contributed by atoms with Gasteiger partial charge in [-0.15, -0.1) is 11.3 Å². The molecule has 0 radical (unpaired) electrons. The number of nitrogens with two attached hydrogens (primary N) is 2. The van der Waals surface area contributed by atoms with Crippen LogP contribution in [0.15, 0.2) is 5.38 Å². The zero-order chi connectivity index (χ0) is 7.40. The highest BCUT2D eigenvalue weighted by Gasteiger charge is 1.97. The summed E-state index contributed by atoms with van der Waals surface area (Å²) in [7, 11) is 0. The quantitative estimate of drug-likeness (QED) is 0.654. The normalized spacial score (nSPS) is 10.2. The number of hydrogen-bond donors (Lipinski definition) is 2. The average Bonchev–Trinajstić information content (AvgIpc) is 2.37. The Balaban J connectivity index is 2.59. The molecular weight excluding hydrogens is 146 g/mol. The number of nitrogens with zero attached hydrogens (tertiary/aromatic N) is 1. The van der Waals surface area contributed by atoms with Crippen molar-refractivity contribution in [3.8, 4) is 0 Å². The summed E-state index contributed by atoms with van der Waals surface area (Å²) in [5.74, 6) is 0. The van der Waals surface area contributed by atoms with Crippen LogP contribution < -0.4 is 11.5 Å². The summed E-state index contributed by atoms with van der Waals surface area (Å²) in [6.07, 6.45) is 0.866. The minimum Gasteiger partial charge on any atom is -0.330 e. The van der Waals surface area contributed by atoms with E-state index in [0.717, 1.165) is 17.1 Å². The first-order valence-electron chi connectivity index (χ1n) is 3.20. The first kappa shape index (κ1) is 7.65. The van der Waals surface area contributed by atoms with Gasteiger partial charge in [0.05, 0.1) is 10.7 Å². The summed E-state index contributed by atoms with van der Waals surface area (Å²) in [5.41, 5.74) is 11.7. The summed E-state index contributed by atoms with van der Waals surface area (Å²) in [6, 6.07) is 0. The highest BCUT2D eigenvalue weighted by molar-refractivity contribution is 7.09. The van der Waals surface area contributed by atoms with E-state index < -0.39 is 0 Å². The summed E-state index contributed by atoms with van der Waals surface area (Å²) in [5, 5.41) is 3.06. The van der Waals surface area contributed by atoms with Gasteiger partial charge in [0, 0.05) is 18.3 Å². The Bertz CT molecular complexity index is 197. The standard InChI is InChI=1S/C6H11N3S/c7-2-1-6-9-5(3-8)4-10-6/h4H,1-3,7-8H2. The molecule has 0 bridgehead atoms. The van der Waals surface area contributed by atoms with Crippen LogP contribution in [0.4, 0.5) is 0 Å². The molecule has 3 nitrogen and oxygen atoms in total. The molecule has 0 aromatic carbocycles. The minimum absolute atomic E-state index is 0.529. The Morgan fingerprint density at radius 2 is 2.30 bits per heavy atom. The van der Waals surface area contributed by atoms with E-state index in [1.165, 1.54) is 0 Å². The van der Waals surface area contributed by atoms with E-state index in [-0.39, 0.29) is 0 Å². The lowest BCUT2D eigenvalue weighted by Gasteiger charge is -1.87. The third-order valence-corrected chi connectivity index (χ3v) is 2.12. The van der Waals surface area contributed by atoms with Crippen molar-refractivity contribution in [3.05, 3.63) is 16.1 Å². The van der Waals surface area contributed by atoms with Crippen LogP contribution >= 0.6 is 11.3 Å². The van der Waals surface area contributed by atoms with Gasteiger partial charge >= 0.3 is 0 Å². The van der Waals surface area contributed by atoms with Crippen LogP contribution in [-0.2, 0) is 13.0 Å². The van der Waals surface area contributed by atoms with E-state index in [9.17, 15) is 0 Å². The maximum atomic E-state index is 5.37. The molecule has 1 rings (SSSR count). The lowest BCUT2D eigenvalue weighted by molar-refractivity contribution is 0.921. The van der Waals surface area contributed by atoms with Gasteiger partial charge in [-0.1, -0.05) is 0 Å². The molecule has 0 aliphatic carbocycles. The molecular formula is C6H11N3S. The highest BCUT2D eigenvalue weighted by atomic mass is 32.1. The number of hydrogen-bond acceptors (Lipinski definition) is 4. The van der Waals surface area contributed by atoms with Gasteiger partial charge in [-0.25, -0.2) is 4.98 Å². The summed E-state index contributed by atoms with van der Waals surface area (Å²) < 4.78 is 0. The zero-order valence-corrected chi connectivity index (χ0v) is 6.53. The van der Waals surface area contributed by atoms with Gasteiger partial charge in [-0.2, -0.15) is 0 Å². The fourth-order valence-corrected chi connectivity index (χ4v) is 1.51. The molecule has 0 aliphatic rings. The van der Waals surface area contributed by atoms with Gasteiger partial charge in [-0.05, 0) is 6.54 Å². The fraction of sp³-hybridized carbons (Fsp3) is 0.500. The van der Waals surface area contributed by atoms with Crippen molar-refractivity contribution in [2.24, 2.45) is 11.5 Å². The smallest absolute Gasteiger partial charge is 0.0941 e.